The van der Waals surface area contributed by atoms with Gasteiger partial charge in [-0.2, -0.15) is 0 Å². The van der Waals surface area contributed by atoms with Crippen LogP contribution >= 0.6 is 11.3 Å². The average molecular weight is 276 g/mol. The summed E-state index contributed by atoms with van der Waals surface area (Å²) in [4.78, 5) is 11.1. The van der Waals surface area contributed by atoms with E-state index >= 15 is 0 Å². The number of thiophene rings is 1. The Morgan fingerprint density at radius 3 is 3.26 bits per heavy atom. The quantitative estimate of drug-likeness (QED) is 0.901. The molecule has 3 heterocycles. The van der Waals surface area contributed by atoms with Gasteiger partial charge in [0.25, 0.3) is 0 Å². The summed E-state index contributed by atoms with van der Waals surface area (Å²) in [6.07, 6.45) is 5.53. The van der Waals surface area contributed by atoms with E-state index in [-0.39, 0.29) is 0 Å². The average Bonchev–Trinajstić information content (AvgIpc) is 2.81. The van der Waals surface area contributed by atoms with E-state index in [1.165, 1.54) is 37.2 Å². The highest BCUT2D eigenvalue weighted by atomic mass is 32.1. The van der Waals surface area contributed by atoms with Crippen molar-refractivity contribution >= 4 is 27.4 Å². The molecule has 0 radical (unpaired) electrons. The minimum atomic E-state index is 0.808. The fraction of sp³-hybridized carbons (Fsp3) is 0.571. The van der Waals surface area contributed by atoms with Crippen LogP contribution in [0.5, 0.6) is 0 Å². The van der Waals surface area contributed by atoms with Gasteiger partial charge >= 0.3 is 0 Å². The Hall–Kier alpha value is -1.20. The number of rotatable bonds is 4. The highest BCUT2D eigenvalue weighted by Gasteiger charge is 2.13. The van der Waals surface area contributed by atoms with Gasteiger partial charge in [-0.15, -0.1) is 11.3 Å². The molecule has 1 unspecified atom stereocenters. The van der Waals surface area contributed by atoms with Gasteiger partial charge in [0.1, 0.15) is 17.0 Å². The minimum absolute atomic E-state index is 0.808. The second-order valence-corrected chi connectivity index (χ2v) is 6.46. The normalized spacial score (nSPS) is 19.7. The van der Waals surface area contributed by atoms with Crippen molar-refractivity contribution in [3.05, 3.63) is 17.3 Å². The number of aromatic nitrogens is 2. The molecule has 1 saturated heterocycles. The topological polar surface area (TPSA) is 49.8 Å². The first-order chi connectivity index (χ1) is 9.33. The van der Waals surface area contributed by atoms with Crippen molar-refractivity contribution in [1.82, 2.24) is 15.3 Å². The second-order valence-electron chi connectivity index (χ2n) is 5.23. The van der Waals surface area contributed by atoms with Crippen LogP contribution in [-0.2, 0) is 0 Å². The fourth-order valence-electron chi connectivity index (χ4n) is 2.68. The summed E-state index contributed by atoms with van der Waals surface area (Å²) >= 11 is 1.73. The van der Waals surface area contributed by atoms with Gasteiger partial charge in [-0.1, -0.05) is 0 Å². The van der Waals surface area contributed by atoms with Crippen LogP contribution in [0.1, 0.15) is 24.1 Å². The molecule has 19 heavy (non-hydrogen) atoms. The number of piperidine rings is 1. The number of nitrogens with one attached hydrogen (secondary N) is 2. The van der Waals surface area contributed by atoms with Gasteiger partial charge in [0.15, 0.2) is 0 Å². The van der Waals surface area contributed by atoms with Crippen molar-refractivity contribution in [2.24, 2.45) is 5.92 Å². The lowest BCUT2D eigenvalue weighted by Gasteiger charge is -2.22. The molecular weight excluding hydrogens is 256 g/mol. The Morgan fingerprint density at radius 2 is 2.42 bits per heavy atom. The van der Waals surface area contributed by atoms with Crippen LogP contribution < -0.4 is 10.6 Å². The van der Waals surface area contributed by atoms with Crippen LogP contribution in [0.4, 0.5) is 5.82 Å². The van der Waals surface area contributed by atoms with Gasteiger partial charge in [0.2, 0.25) is 0 Å². The third kappa shape index (κ3) is 3.04. The lowest BCUT2D eigenvalue weighted by Crippen LogP contribution is -2.30. The maximum absolute atomic E-state index is 4.37. The standard InChI is InChI=1S/C14H20N4S/c1-10-7-12-13(17-9-18-14(12)19-10)16-6-4-11-3-2-5-15-8-11/h7,9,11,15H,2-6,8H2,1H3,(H,16,17,18). The first-order valence-corrected chi connectivity index (χ1v) is 7.80. The van der Waals surface area contributed by atoms with E-state index in [1.54, 1.807) is 17.7 Å². The van der Waals surface area contributed by atoms with E-state index in [9.17, 15) is 0 Å². The molecule has 1 aliphatic heterocycles. The van der Waals surface area contributed by atoms with Crippen molar-refractivity contribution in [2.45, 2.75) is 26.2 Å². The van der Waals surface area contributed by atoms with E-state index in [4.69, 9.17) is 0 Å². The van der Waals surface area contributed by atoms with E-state index in [1.807, 2.05) is 0 Å². The van der Waals surface area contributed by atoms with Gasteiger partial charge < -0.3 is 10.6 Å². The van der Waals surface area contributed by atoms with Gasteiger partial charge in [-0.3, -0.25) is 0 Å². The summed E-state index contributed by atoms with van der Waals surface area (Å²) in [6.45, 7) is 5.46. The largest absolute Gasteiger partial charge is 0.369 e. The zero-order valence-corrected chi connectivity index (χ0v) is 12.1. The molecule has 1 atom stereocenters. The molecule has 5 heteroatoms. The number of hydrogen-bond donors (Lipinski definition) is 2. The molecule has 2 aromatic rings. The molecule has 0 spiro atoms. The summed E-state index contributed by atoms with van der Waals surface area (Å²) in [6, 6.07) is 2.17. The molecular formula is C14H20N4S. The van der Waals surface area contributed by atoms with Gasteiger partial charge in [-0.05, 0) is 51.3 Å². The van der Waals surface area contributed by atoms with Crippen LogP contribution in [0.25, 0.3) is 10.2 Å². The predicted octanol–water partition coefficient (Wildman–Crippen LogP) is 2.80. The lowest BCUT2D eigenvalue weighted by atomic mass is 9.96. The third-order valence-corrected chi connectivity index (χ3v) is 4.66. The second kappa shape index (κ2) is 5.84. The summed E-state index contributed by atoms with van der Waals surface area (Å²) in [7, 11) is 0. The molecule has 3 rings (SSSR count). The van der Waals surface area contributed by atoms with Crippen molar-refractivity contribution in [2.75, 3.05) is 25.0 Å². The molecule has 0 saturated carbocycles. The zero-order chi connectivity index (χ0) is 13.1. The highest BCUT2D eigenvalue weighted by Crippen LogP contribution is 2.27. The third-order valence-electron chi connectivity index (χ3n) is 3.70. The number of hydrogen-bond acceptors (Lipinski definition) is 5. The van der Waals surface area contributed by atoms with E-state index < -0.39 is 0 Å². The highest BCUT2D eigenvalue weighted by molar-refractivity contribution is 7.18. The Morgan fingerprint density at radius 1 is 1.47 bits per heavy atom. The maximum Gasteiger partial charge on any atom is 0.138 e. The van der Waals surface area contributed by atoms with Crippen LogP contribution in [-0.4, -0.2) is 29.6 Å². The molecule has 1 aliphatic rings. The Balaban J connectivity index is 1.61. The molecule has 1 fully saturated rings. The van der Waals surface area contributed by atoms with Crippen LogP contribution in [0.3, 0.4) is 0 Å². The van der Waals surface area contributed by atoms with Gasteiger partial charge in [0.05, 0.1) is 5.39 Å². The van der Waals surface area contributed by atoms with Crippen molar-refractivity contribution in [1.29, 1.82) is 0 Å². The smallest absolute Gasteiger partial charge is 0.138 e. The van der Waals surface area contributed by atoms with E-state index in [0.29, 0.717) is 0 Å². The monoisotopic (exact) mass is 276 g/mol. The van der Waals surface area contributed by atoms with Crippen LogP contribution in [0.2, 0.25) is 0 Å². The number of aryl methyl sites for hydroxylation is 1. The van der Waals surface area contributed by atoms with Crippen LogP contribution in [0.15, 0.2) is 12.4 Å². The summed E-state index contributed by atoms with van der Waals surface area (Å²) in [5.74, 6) is 1.79. The molecule has 102 valence electrons. The van der Waals surface area contributed by atoms with E-state index in [0.717, 1.165) is 28.5 Å². The summed E-state index contributed by atoms with van der Waals surface area (Å²) in [5.41, 5.74) is 0. The van der Waals surface area contributed by atoms with E-state index in [2.05, 4.69) is 33.6 Å². The van der Waals surface area contributed by atoms with Gasteiger partial charge in [-0.25, -0.2) is 9.97 Å². The number of anilines is 1. The number of fused-ring (bicyclic) bond motifs is 1. The molecule has 0 amide bonds. The molecule has 0 aromatic carbocycles. The Kier molecular flexibility index (Phi) is 3.94. The maximum atomic E-state index is 4.37. The molecule has 2 N–H and O–H groups in total. The van der Waals surface area contributed by atoms with Crippen molar-refractivity contribution in [3.63, 3.8) is 0 Å². The summed E-state index contributed by atoms with van der Waals surface area (Å²) < 4.78 is 0. The molecule has 0 aliphatic carbocycles. The summed E-state index contributed by atoms with van der Waals surface area (Å²) in [5, 5.41) is 8.10. The van der Waals surface area contributed by atoms with Crippen molar-refractivity contribution < 1.29 is 0 Å². The minimum Gasteiger partial charge on any atom is -0.369 e. The molecule has 4 nitrogen and oxygen atoms in total. The number of nitrogens with zero attached hydrogens (tertiary/aromatic N) is 2. The first-order valence-electron chi connectivity index (χ1n) is 6.98. The SMILES string of the molecule is Cc1cc2c(NCCC3CCCNC3)ncnc2s1. The van der Waals surface area contributed by atoms with Gasteiger partial charge in [0, 0.05) is 11.4 Å². The Labute approximate surface area is 117 Å². The predicted molar refractivity (Wildman–Crippen MR) is 80.9 cm³/mol. The zero-order valence-electron chi connectivity index (χ0n) is 11.3. The molecule has 2 aromatic heterocycles. The first kappa shape index (κ1) is 12.8. The fourth-order valence-corrected chi connectivity index (χ4v) is 3.53. The lowest BCUT2D eigenvalue weighted by molar-refractivity contribution is 0.364. The van der Waals surface area contributed by atoms with Crippen LogP contribution in [0, 0.1) is 12.8 Å². The van der Waals surface area contributed by atoms with Crippen molar-refractivity contribution in [3.8, 4) is 0 Å². The molecule has 0 bridgehead atoms. The Bertz CT molecular complexity index is 545.